The molecule has 0 atom stereocenters. The van der Waals surface area contributed by atoms with Gasteiger partial charge in [-0.25, -0.2) is 9.67 Å². The van der Waals surface area contributed by atoms with Crippen LogP contribution in [0.15, 0.2) is 36.8 Å². The van der Waals surface area contributed by atoms with Crippen molar-refractivity contribution in [3.8, 4) is 17.0 Å². The Bertz CT molecular complexity index is 1030. The summed E-state index contributed by atoms with van der Waals surface area (Å²) >= 11 is 5.94. The first-order valence-electron chi connectivity index (χ1n) is 8.59. The van der Waals surface area contributed by atoms with Gasteiger partial charge in [-0.05, 0) is 18.2 Å². The summed E-state index contributed by atoms with van der Waals surface area (Å²) in [4.78, 5) is 18.8. The fraction of sp³-hybridized carbons (Fsp3) is 0.278. The van der Waals surface area contributed by atoms with Gasteiger partial charge in [0, 0.05) is 42.8 Å². The van der Waals surface area contributed by atoms with E-state index >= 15 is 0 Å². The number of phenols is 1. The fourth-order valence-electron chi connectivity index (χ4n) is 3.29. The minimum absolute atomic E-state index is 0.128. The Morgan fingerprint density at radius 1 is 1.21 bits per heavy atom. The van der Waals surface area contributed by atoms with Crippen LogP contribution in [0.1, 0.15) is 22.7 Å². The van der Waals surface area contributed by atoms with Crippen molar-refractivity contribution in [3.05, 3.63) is 53.2 Å². The number of rotatable bonds is 3. The zero-order valence-electron chi connectivity index (χ0n) is 14.6. The second-order valence-corrected chi connectivity index (χ2v) is 6.84. The third-order valence-corrected chi connectivity index (χ3v) is 4.95. The van der Waals surface area contributed by atoms with Gasteiger partial charge in [-0.2, -0.15) is 13.9 Å². The summed E-state index contributed by atoms with van der Waals surface area (Å²) in [5.74, 6) is 0.305. The molecule has 1 aliphatic heterocycles. The predicted molar refractivity (Wildman–Crippen MR) is 97.4 cm³/mol. The lowest BCUT2D eigenvalue weighted by atomic mass is 10.1. The number of amides is 1. The second-order valence-electron chi connectivity index (χ2n) is 6.40. The van der Waals surface area contributed by atoms with Crippen molar-refractivity contribution in [2.24, 2.45) is 0 Å². The number of aromatic nitrogens is 4. The molecule has 28 heavy (non-hydrogen) atoms. The first kappa shape index (κ1) is 18.4. The van der Waals surface area contributed by atoms with Crippen LogP contribution in [0.4, 0.5) is 8.78 Å². The Morgan fingerprint density at radius 2 is 2.04 bits per heavy atom. The molecule has 10 heteroatoms. The maximum absolute atomic E-state index is 12.8. The number of carbonyl (C=O) groups is 1. The average molecular weight is 408 g/mol. The summed E-state index contributed by atoms with van der Waals surface area (Å²) in [6, 6.07) is 4.33. The highest BCUT2D eigenvalue weighted by atomic mass is 35.5. The number of nitrogens with zero attached hydrogens (tertiary/aromatic N) is 5. The molecule has 3 aromatic rings. The van der Waals surface area contributed by atoms with E-state index in [1.54, 1.807) is 11.1 Å². The van der Waals surface area contributed by atoms with Crippen LogP contribution in [0, 0.1) is 0 Å². The Labute approximate surface area is 163 Å². The smallest absolute Gasteiger partial charge is 0.333 e. The summed E-state index contributed by atoms with van der Waals surface area (Å²) in [7, 11) is 0. The second kappa shape index (κ2) is 7.23. The molecule has 1 amide bonds. The molecular formula is C18H16ClF2N5O2. The number of aromatic hydroxyl groups is 1. The van der Waals surface area contributed by atoms with E-state index in [-0.39, 0.29) is 17.2 Å². The van der Waals surface area contributed by atoms with Crippen molar-refractivity contribution in [3.63, 3.8) is 0 Å². The van der Waals surface area contributed by atoms with Crippen molar-refractivity contribution in [2.45, 2.75) is 19.5 Å². The van der Waals surface area contributed by atoms with E-state index in [1.165, 1.54) is 30.6 Å². The molecule has 0 aliphatic carbocycles. The first-order chi connectivity index (χ1) is 13.4. The Kier molecular flexibility index (Phi) is 4.76. The zero-order valence-corrected chi connectivity index (χ0v) is 15.4. The molecule has 1 N–H and O–H groups in total. The normalized spacial score (nSPS) is 14.2. The fourth-order valence-corrected chi connectivity index (χ4v) is 3.46. The Balaban J connectivity index is 1.56. The minimum atomic E-state index is -2.71. The molecule has 0 radical (unpaired) electrons. The molecule has 1 aromatic carbocycles. The summed E-state index contributed by atoms with van der Waals surface area (Å²) < 4.78 is 28.1. The first-order valence-corrected chi connectivity index (χ1v) is 8.96. The standard InChI is InChI=1S/C18H16ClF2N5O2/c19-12-1-2-15(27)13(7-12)17(28)24-4-3-16-22-9-14(25(16)6-5-24)11-8-23-26(10-11)18(20)21/h1-2,7-10,18,27H,3-6H2. The van der Waals surface area contributed by atoms with E-state index in [0.717, 1.165) is 5.82 Å². The summed E-state index contributed by atoms with van der Waals surface area (Å²) in [6.07, 6.45) is 4.76. The van der Waals surface area contributed by atoms with Gasteiger partial charge in [0.1, 0.15) is 11.6 Å². The van der Waals surface area contributed by atoms with E-state index in [0.29, 0.717) is 47.0 Å². The van der Waals surface area contributed by atoms with Crippen molar-refractivity contribution >= 4 is 17.5 Å². The number of alkyl halides is 2. The highest BCUT2D eigenvalue weighted by Gasteiger charge is 2.24. The maximum Gasteiger partial charge on any atom is 0.333 e. The number of benzene rings is 1. The lowest BCUT2D eigenvalue weighted by molar-refractivity contribution is 0.0566. The highest BCUT2D eigenvalue weighted by Crippen LogP contribution is 2.26. The third kappa shape index (κ3) is 3.33. The zero-order chi connectivity index (χ0) is 19.8. The van der Waals surface area contributed by atoms with Crippen LogP contribution >= 0.6 is 11.6 Å². The molecule has 0 saturated heterocycles. The van der Waals surface area contributed by atoms with Crippen LogP contribution in [0.5, 0.6) is 5.75 Å². The third-order valence-electron chi connectivity index (χ3n) is 4.71. The minimum Gasteiger partial charge on any atom is -0.507 e. The molecule has 0 unspecified atom stereocenters. The van der Waals surface area contributed by atoms with E-state index < -0.39 is 6.55 Å². The molecule has 7 nitrogen and oxygen atoms in total. The molecule has 4 rings (SSSR count). The molecule has 0 bridgehead atoms. The van der Waals surface area contributed by atoms with E-state index in [2.05, 4.69) is 10.1 Å². The van der Waals surface area contributed by atoms with Gasteiger partial charge in [0.15, 0.2) is 0 Å². The van der Waals surface area contributed by atoms with Crippen LogP contribution in [0.25, 0.3) is 11.3 Å². The van der Waals surface area contributed by atoms with Crippen molar-refractivity contribution in [1.29, 1.82) is 0 Å². The molecule has 146 valence electrons. The highest BCUT2D eigenvalue weighted by molar-refractivity contribution is 6.31. The van der Waals surface area contributed by atoms with Crippen LogP contribution in [0.3, 0.4) is 0 Å². The van der Waals surface area contributed by atoms with E-state index in [1.807, 2.05) is 4.57 Å². The number of hydrogen-bond acceptors (Lipinski definition) is 4. The maximum atomic E-state index is 12.8. The molecule has 2 aromatic heterocycles. The average Bonchev–Trinajstić information content (AvgIpc) is 3.25. The van der Waals surface area contributed by atoms with Gasteiger partial charge < -0.3 is 14.6 Å². The van der Waals surface area contributed by atoms with E-state index in [4.69, 9.17) is 11.6 Å². The number of halogens is 3. The van der Waals surface area contributed by atoms with Gasteiger partial charge in [-0.1, -0.05) is 11.6 Å². The number of phenolic OH excluding ortho intramolecular Hbond substituents is 1. The summed E-state index contributed by atoms with van der Waals surface area (Å²) in [5.41, 5.74) is 1.35. The summed E-state index contributed by atoms with van der Waals surface area (Å²) in [5, 5.41) is 14.0. The van der Waals surface area contributed by atoms with Crippen LogP contribution in [-0.4, -0.2) is 48.3 Å². The quantitative estimate of drug-likeness (QED) is 0.723. The molecular weight excluding hydrogens is 392 g/mol. The number of carbonyl (C=O) groups excluding carboxylic acids is 1. The van der Waals surface area contributed by atoms with Gasteiger partial charge >= 0.3 is 6.55 Å². The van der Waals surface area contributed by atoms with Gasteiger partial charge in [0.2, 0.25) is 0 Å². The van der Waals surface area contributed by atoms with Crippen molar-refractivity contribution < 1.29 is 18.7 Å². The SMILES string of the molecule is O=C(c1cc(Cl)ccc1O)N1CCc2ncc(-c3cnn(C(F)F)c3)n2CC1. The lowest BCUT2D eigenvalue weighted by Crippen LogP contribution is -2.33. The number of fused-ring (bicyclic) bond motifs is 1. The largest absolute Gasteiger partial charge is 0.507 e. The molecule has 0 saturated carbocycles. The van der Waals surface area contributed by atoms with E-state index in [9.17, 15) is 18.7 Å². The van der Waals surface area contributed by atoms with Crippen molar-refractivity contribution in [2.75, 3.05) is 13.1 Å². The van der Waals surface area contributed by atoms with Crippen LogP contribution in [-0.2, 0) is 13.0 Å². The van der Waals surface area contributed by atoms with Gasteiger partial charge in [-0.3, -0.25) is 4.79 Å². The van der Waals surface area contributed by atoms with Gasteiger partial charge in [0.05, 0.1) is 23.7 Å². The van der Waals surface area contributed by atoms with Crippen LogP contribution in [0.2, 0.25) is 5.02 Å². The molecule has 0 spiro atoms. The van der Waals surface area contributed by atoms with Crippen molar-refractivity contribution in [1.82, 2.24) is 24.2 Å². The van der Waals surface area contributed by atoms with Gasteiger partial charge in [0.25, 0.3) is 5.91 Å². The van der Waals surface area contributed by atoms with Gasteiger partial charge in [-0.15, -0.1) is 0 Å². The molecule has 3 heterocycles. The lowest BCUT2D eigenvalue weighted by Gasteiger charge is -2.21. The monoisotopic (exact) mass is 407 g/mol. The number of hydrogen-bond donors (Lipinski definition) is 1. The van der Waals surface area contributed by atoms with Crippen LogP contribution < -0.4 is 0 Å². The topological polar surface area (TPSA) is 76.2 Å². The Morgan fingerprint density at radius 3 is 2.79 bits per heavy atom. The Hall–Kier alpha value is -2.94. The molecule has 1 aliphatic rings. The predicted octanol–water partition coefficient (Wildman–Crippen LogP) is 3.20. The number of imidazole rings is 1. The molecule has 0 fully saturated rings. The summed E-state index contributed by atoms with van der Waals surface area (Å²) in [6.45, 7) is -1.47.